The molecule has 1 heterocycles. The van der Waals surface area contributed by atoms with Gasteiger partial charge in [-0.3, -0.25) is 9.69 Å². The largest absolute Gasteiger partial charge is 0.298 e. The van der Waals surface area contributed by atoms with Crippen LogP contribution in [0.15, 0.2) is 0 Å². The van der Waals surface area contributed by atoms with Crippen molar-refractivity contribution in [3.8, 4) is 0 Å². The zero-order valence-electron chi connectivity index (χ0n) is 8.18. The molecule has 1 atom stereocenters. The van der Waals surface area contributed by atoms with Gasteiger partial charge in [-0.1, -0.05) is 20.3 Å². The minimum Gasteiger partial charge on any atom is -0.298 e. The number of hydrogen-bond acceptors (Lipinski definition) is 2. The molecule has 1 aliphatic heterocycles. The fraction of sp³-hybridized carbons (Fsp3) is 0.900. The molecule has 70 valence electrons. The lowest BCUT2D eigenvalue weighted by Crippen LogP contribution is -2.32. The van der Waals surface area contributed by atoms with E-state index in [4.69, 9.17) is 0 Å². The summed E-state index contributed by atoms with van der Waals surface area (Å²) in [7, 11) is 0. The Labute approximate surface area is 74.9 Å². The molecule has 0 aromatic rings. The van der Waals surface area contributed by atoms with Gasteiger partial charge in [0.15, 0.2) is 0 Å². The van der Waals surface area contributed by atoms with E-state index >= 15 is 0 Å². The van der Waals surface area contributed by atoms with E-state index in [9.17, 15) is 4.79 Å². The Morgan fingerprint density at radius 2 is 2.25 bits per heavy atom. The Morgan fingerprint density at radius 3 is 2.67 bits per heavy atom. The Morgan fingerprint density at radius 1 is 1.50 bits per heavy atom. The zero-order valence-corrected chi connectivity index (χ0v) is 8.18. The van der Waals surface area contributed by atoms with E-state index in [2.05, 4.69) is 18.7 Å². The first kappa shape index (κ1) is 9.72. The SMILES string of the molecule is CCCC(CC)N1CCC(=O)C1. The maximum absolute atomic E-state index is 11.0. The van der Waals surface area contributed by atoms with Crippen molar-refractivity contribution in [1.82, 2.24) is 4.90 Å². The summed E-state index contributed by atoms with van der Waals surface area (Å²) in [4.78, 5) is 13.4. The lowest BCUT2D eigenvalue weighted by Gasteiger charge is -2.24. The van der Waals surface area contributed by atoms with Crippen molar-refractivity contribution >= 4 is 5.78 Å². The van der Waals surface area contributed by atoms with Gasteiger partial charge in [0, 0.05) is 19.0 Å². The number of hydrogen-bond donors (Lipinski definition) is 0. The molecule has 12 heavy (non-hydrogen) atoms. The number of carbonyl (C=O) groups excluding carboxylic acids is 1. The highest BCUT2D eigenvalue weighted by Crippen LogP contribution is 2.15. The highest BCUT2D eigenvalue weighted by Gasteiger charge is 2.24. The van der Waals surface area contributed by atoms with Gasteiger partial charge < -0.3 is 0 Å². The summed E-state index contributed by atoms with van der Waals surface area (Å²) >= 11 is 0. The van der Waals surface area contributed by atoms with Gasteiger partial charge in [-0.2, -0.15) is 0 Å². The molecule has 1 rings (SSSR count). The van der Waals surface area contributed by atoms with Crippen molar-refractivity contribution in [1.29, 1.82) is 0 Å². The molecule has 1 unspecified atom stereocenters. The molecular formula is C10H19NO. The monoisotopic (exact) mass is 169 g/mol. The Balaban J connectivity index is 2.38. The normalized spacial score (nSPS) is 21.7. The first-order valence-corrected chi connectivity index (χ1v) is 5.03. The van der Waals surface area contributed by atoms with Crippen LogP contribution in [0.2, 0.25) is 0 Å². The third kappa shape index (κ3) is 2.31. The predicted octanol–water partition coefficient (Wildman–Crippen LogP) is 1.84. The second-order valence-electron chi connectivity index (χ2n) is 3.61. The van der Waals surface area contributed by atoms with Crippen molar-refractivity contribution < 1.29 is 4.79 Å². The first-order valence-electron chi connectivity index (χ1n) is 5.03. The summed E-state index contributed by atoms with van der Waals surface area (Å²) in [6, 6.07) is 0.654. The van der Waals surface area contributed by atoms with E-state index in [1.807, 2.05) is 0 Å². The van der Waals surface area contributed by atoms with E-state index in [-0.39, 0.29) is 0 Å². The van der Waals surface area contributed by atoms with E-state index in [0.717, 1.165) is 13.0 Å². The molecule has 0 radical (unpaired) electrons. The lowest BCUT2D eigenvalue weighted by atomic mass is 10.1. The minimum atomic E-state index is 0.421. The van der Waals surface area contributed by atoms with Crippen molar-refractivity contribution in [2.45, 2.75) is 45.6 Å². The summed E-state index contributed by atoms with van der Waals surface area (Å²) in [5, 5.41) is 0. The zero-order chi connectivity index (χ0) is 8.97. The summed E-state index contributed by atoms with van der Waals surface area (Å²) in [5.41, 5.74) is 0. The van der Waals surface area contributed by atoms with Crippen molar-refractivity contribution in [3.63, 3.8) is 0 Å². The van der Waals surface area contributed by atoms with E-state index in [1.165, 1.54) is 19.3 Å². The number of rotatable bonds is 4. The van der Waals surface area contributed by atoms with E-state index in [0.29, 0.717) is 18.4 Å². The lowest BCUT2D eigenvalue weighted by molar-refractivity contribution is -0.117. The van der Waals surface area contributed by atoms with Gasteiger partial charge in [0.25, 0.3) is 0 Å². The Kier molecular flexibility index (Phi) is 3.73. The van der Waals surface area contributed by atoms with Gasteiger partial charge in [0.05, 0.1) is 6.54 Å². The average molecular weight is 169 g/mol. The molecule has 1 saturated heterocycles. The van der Waals surface area contributed by atoms with Crippen molar-refractivity contribution in [3.05, 3.63) is 0 Å². The average Bonchev–Trinajstić information content (AvgIpc) is 2.47. The van der Waals surface area contributed by atoms with Crippen LogP contribution >= 0.6 is 0 Å². The summed E-state index contributed by atoms with van der Waals surface area (Å²) < 4.78 is 0. The summed E-state index contributed by atoms with van der Waals surface area (Å²) in [6.45, 7) is 6.12. The fourth-order valence-corrected chi connectivity index (χ4v) is 1.94. The van der Waals surface area contributed by atoms with E-state index in [1.54, 1.807) is 0 Å². The van der Waals surface area contributed by atoms with Crippen LogP contribution in [0.25, 0.3) is 0 Å². The first-order chi connectivity index (χ1) is 5.77. The van der Waals surface area contributed by atoms with Gasteiger partial charge in [0.2, 0.25) is 0 Å². The van der Waals surface area contributed by atoms with Crippen LogP contribution in [0.4, 0.5) is 0 Å². The number of ketones is 1. The van der Waals surface area contributed by atoms with E-state index < -0.39 is 0 Å². The molecule has 1 aliphatic rings. The summed E-state index contributed by atoms with van der Waals surface area (Å²) in [6.07, 6.45) is 4.42. The third-order valence-electron chi connectivity index (χ3n) is 2.67. The molecular weight excluding hydrogens is 150 g/mol. The van der Waals surface area contributed by atoms with Crippen molar-refractivity contribution in [2.75, 3.05) is 13.1 Å². The second kappa shape index (κ2) is 4.61. The van der Waals surface area contributed by atoms with Crippen molar-refractivity contribution in [2.24, 2.45) is 0 Å². The number of nitrogens with zero attached hydrogens (tertiary/aromatic N) is 1. The summed E-state index contributed by atoms with van der Waals surface area (Å²) in [5.74, 6) is 0.421. The molecule has 2 heteroatoms. The smallest absolute Gasteiger partial charge is 0.148 e. The highest BCUT2D eigenvalue weighted by atomic mass is 16.1. The Hall–Kier alpha value is -0.370. The molecule has 0 aliphatic carbocycles. The third-order valence-corrected chi connectivity index (χ3v) is 2.67. The maximum atomic E-state index is 11.0. The molecule has 0 aromatic heterocycles. The number of Topliss-reactive ketones (excluding diaryl/α,β-unsaturated/α-hetero) is 1. The molecule has 0 N–H and O–H groups in total. The van der Waals surface area contributed by atoms with Gasteiger partial charge in [-0.15, -0.1) is 0 Å². The van der Waals surface area contributed by atoms with Crippen LogP contribution in [-0.2, 0) is 4.79 Å². The highest BCUT2D eigenvalue weighted by molar-refractivity contribution is 5.82. The van der Waals surface area contributed by atoms with Crippen LogP contribution in [-0.4, -0.2) is 29.8 Å². The maximum Gasteiger partial charge on any atom is 0.148 e. The number of likely N-dealkylation sites (tertiary alicyclic amines) is 1. The van der Waals surface area contributed by atoms with Gasteiger partial charge in [0.1, 0.15) is 5.78 Å². The van der Waals surface area contributed by atoms with Gasteiger partial charge in [-0.25, -0.2) is 0 Å². The molecule has 0 saturated carbocycles. The molecule has 0 aromatic carbocycles. The molecule has 2 nitrogen and oxygen atoms in total. The van der Waals surface area contributed by atoms with Crippen LogP contribution in [0, 0.1) is 0 Å². The molecule has 0 bridgehead atoms. The van der Waals surface area contributed by atoms with Crippen LogP contribution < -0.4 is 0 Å². The van der Waals surface area contributed by atoms with Crippen LogP contribution in [0.1, 0.15) is 39.5 Å². The van der Waals surface area contributed by atoms with Gasteiger partial charge in [-0.05, 0) is 12.8 Å². The quantitative estimate of drug-likeness (QED) is 0.640. The second-order valence-corrected chi connectivity index (χ2v) is 3.61. The molecule has 0 amide bonds. The predicted molar refractivity (Wildman–Crippen MR) is 50.2 cm³/mol. The molecule has 1 fully saturated rings. The number of carbonyl (C=O) groups is 1. The van der Waals surface area contributed by atoms with Crippen LogP contribution in [0.3, 0.4) is 0 Å². The Bertz CT molecular complexity index is 156. The topological polar surface area (TPSA) is 20.3 Å². The minimum absolute atomic E-state index is 0.421. The fourth-order valence-electron chi connectivity index (χ4n) is 1.94. The van der Waals surface area contributed by atoms with Crippen LogP contribution in [0.5, 0.6) is 0 Å². The standard InChI is InChI=1S/C10H19NO/c1-3-5-9(4-2)11-7-6-10(12)8-11/h9H,3-8H2,1-2H3. The van der Waals surface area contributed by atoms with Gasteiger partial charge >= 0.3 is 0 Å². The molecule has 0 spiro atoms.